The van der Waals surface area contributed by atoms with Crippen molar-refractivity contribution < 1.29 is 29.0 Å². The van der Waals surface area contributed by atoms with E-state index < -0.39 is 13.5 Å². The molecule has 3 aliphatic rings. The summed E-state index contributed by atoms with van der Waals surface area (Å²) in [6.45, 7) is 0.480. The summed E-state index contributed by atoms with van der Waals surface area (Å²) in [7, 11) is -1.95. The SMILES string of the molecule is O=C(N[C@@H](C[C@H]1COc2ccccc21)OB(O)O)[C@H]1C[C@@H]2CC[C@H]1O2. The standard InChI is InChI=1S/C17H22BNO6/c20-17(13-8-11-5-6-15(13)24-11)19-16(25-18(21)22)7-10-9-23-14-4-2-1-3-12(10)14/h1-4,10-11,13,15-16,21-22H,5-9H2,(H,19,20)/t10-,11-,13-,15+,16+/m0/s1. The van der Waals surface area contributed by atoms with Crippen LogP contribution >= 0.6 is 0 Å². The van der Waals surface area contributed by atoms with Crippen molar-refractivity contribution in [3.63, 3.8) is 0 Å². The number of ether oxygens (including phenoxy) is 2. The summed E-state index contributed by atoms with van der Waals surface area (Å²) >= 11 is 0. The fourth-order valence-electron chi connectivity index (χ4n) is 4.16. The summed E-state index contributed by atoms with van der Waals surface area (Å²) in [5, 5.41) is 21.2. The molecule has 3 N–H and O–H groups in total. The van der Waals surface area contributed by atoms with Gasteiger partial charge in [0.2, 0.25) is 5.91 Å². The Balaban J connectivity index is 1.41. The monoisotopic (exact) mass is 347 g/mol. The molecule has 134 valence electrons. The van der Waals surface area contributed by atoms with Gasteiger partial charge < -0.3 is 29.5 Å². The lowest BCUT2D eigenvalue weighted by Gasteiger charge is -2.25. The molecular formula is C17H22BNO6. The number of carbonyl (C=O) groups is 1. The first-order chi connectivity index (χ1) is 12.1. The average molecular weight is 347 g/mol. The van der Waals surface area contributed by atoms with Crippen LogP contribution in [0.15, 0.2) is 24.3 Å². The molecule has 0 spiro atoms. The first-order valence-corrected chi connectivity index (χ1v) is 8.79. The number of hydrogen-bond acceptors (Lipinski definition) is 6. The predicted octanol–water partition coefficient (Wildman–Crippen LogP) is 0.549. The van der Waals surface area contributed by atoms with E-state index in [0.29, 0.717) is 13.0 Å². The zero-order valence-corrected chi connectivity index (χ0v) is 13.8. The van der Waals surface area contributed by atoms with Gasteiger partial charge in [-0.15, -0.1) is 0 Å². The summed E-state index contributed by atoms with van der Waals surface area (Å²) in [5.74, 6) is 0.512. The summed E-state index contributed by atoms with van der Waals surface area (Å²) in [6.07, 6.45) is 2.40. The molecule has 8 heteroatoms. The zero-order valence-electron chi connectivity index (χ0n) is 13.8. The van der Waals surface area contributed by atoms with Gasteiger partial charge in [-0.3, -0.25) is 4.79 Å². The van der Waals surface area contributed by atoms with Gasteiger partial charge in [0.05, 0.1) is 24.7 Å². The molecule has 1 amide bonds. The highest BCUT2D eigenvalue weighted by Crippen LogP contribution is 2.39. The molecule has 2 fully saturated rings. The maximum atomic E-state index is 12.6. The number of rotatable bonds is 6. The highest BCUT2D eigenvalue weighted by atomic mass is 16.6. The van der Waals surface area contributed by atoms with Crippen LogP contribution in [0.2, 0.25) is 0 Å². The van der Waals surface area contributed by atoms with E-state index in [-0.39, 0.29) is 30.0 Å². The maximum absolute atomic E-state index is 12.6. The van der Waals surface area contributed by atoms with Crippen molar-refractivity contribution in [1.29, 1.82) is 0 Å². The number of nitrogens with one attached hydrogen (secondary N) is 1. The summed E-state index contributed by atoms with van der Waals surface area (Å²) in [4.78, 5) is 12.6. The van der Waals surface area contributed by atoms with Crippen LogP contribution in [0.3, 0.4) is 0 Å². The fraction of sp³-hybridized carbons (Fsp3) is 0.588. The molecule has 5 atom stereocenters. The molecule has 1 aromatic rings. The van der Waals surface area contributed by atoms with E-state index >= 15 is 0 Å². The number of carbonyl (C=O) groups excluding carboxylic acids is 1. The molecule has 7 nitrogen and oxygen atoms in total. The lowest BCUT2D eigenvalue weighted by atomic mass is 9.88. The van der Waals surface area contributed by atoms with Crippen LogP contribution in [-0.2, 0) is 14.2 Å². The molecular weight excluding hydrogens is 325 g/mol. The lowest BCUT2D eigenvalue weighted by Crippen LogP contribution is -2.46. The number of amides is 1. The summed E-state index contributed by atoms with van der Waals surface area (Å²) in [6, 6.07) is 7.72. The number of hydrogen-bond donors (Lipinski definition) is 3. The average Bonchev–Trinajstić information content (AvgIpc) is 3.30. The highest BCUT2D eigenvalue weighted by molar-refractivity contribution is 6.32. The second-order valence-electron chi connectivity index (χ2n) is 6.96. The molecule has 4 rings (SSSR count). The Hall–Kier alpha value is -1.61. The van der Waals surface area contributed by atoms with Crippen molar-refractivity contribution in [2.24, 2.45) is 5.92 Å². The van der Waals surface area contributed by atoms with Crippen LogP contribution in [0.5, 0.6) is 5.75 Å². The Kier molecular flexibility index (Phi) is 4.68. The van der Waals surface area contributed by atoms with Crippen LogP contribution in [0.25, 0.3) is 0 Å². The summed E-state index contributed by atoms with van der Waals surface area (Å²) < 4.78 is 16.5. The van der Waals surface area contributed by atoms with Crippen molar-refractivity contribution in [1.82, 2.24) is 5.32 Å². The molecule has 0 saturated carbocycles. The summed E-state index contributed by atoms with van der Waals surface area (Å²) in [5.41, 5.74) is 1.04. The van der Waals surface area contributed by atoms with Gasteiger partial charge in [0.25, 0.3) is 0 Å². The highest BCUT2D eigenvalue weighted by Gasteiger charge is 2.45. The third kappa shape index (κ3) is 3.53. The number of fused-ring (bicyclic) bond motifs is 3. The molecule has 0 radical (unpaired) electrons. The first-order valence-electron chi connectivity index (χ1n) is 8.79. The maximum Gasteiger partial charge on any atom is 0.635 e. The van der Waals surface area contributed by atoms with Gasteiger partial charge in [-0.25, -0.2) is 0 Å². The third-order valence-corrected chi connectivity index (χ3v) is 5.33. The molecule has 2 saturated heterocycles. The Morgan fingerprint density at radius 2 is 2.20 bits per heavy atom. The smallest absolute Gasteiger partial charge is 0.493 e. The zero-order chi connectivity index (χ0) is 17.4. The van der Waals surface area contributed by atoms with Crippen molar-refractivity contribution in [3.8, 4) is 5.75 Å². The van der Waals surface area contributed by atoms with E-state index in [1.807, 2.05) is 24.3 Å². The Morgan fingerprint density at radius 1 is 1.36 bits per heavy atom. The van der Waals surface area contributed by atoms with Crippen molar-refractivity contribution in [2.75, 3.05) is 6.61 Å². The van der Waals surface area contributed by atoms with Crippen molar-refractivity contribution in [2.45, 2.75) is 50.0 Å². The van der Waals surface area contributed by atoms with Gasteiger partial charge in [-0.2, -0.15) is 0 Å². The predicted molar refractivity (Wildman–Crippen MR) is 88.5 cm³/mol. The normalized spacial score (nSPS) is 30.6. The van der Waals surface area contributed by atoms with Gasteiger partial charge in [0, 0.05) is 17.9 Å². The van der Waals surface area contributed by atoms with E-state index in [4.69, 9.17) is 14.1 Å². The molecule has 2 bridgehead atoms. The van der Waals surface area contributed by atoms with Crippen LogP contribution in [0.4, 0.5) is 0 Å². The number of benzene rings is 1. The van der Waals surface area contributed by atoms with E-state index in [2.05, 4.69) is 5.32 Å². The van der Waals surface area contributed by atoms with Gasteiger partial charge >= 0.3 is 7.32 Å². The van der Waals surface area contributed by atoms with Gasteiger partial charge in [0.1, 0.15) is 12.0 Å². The van der Waals surface area contributed by atoms with Gasteiger partial charge in [-0.05, 0) is 25.3 Å². The third-order valence-electron chi connectivity index (χ3n) is 5.33. The molecule has 3 aliphatic heterocycles. The van der Waals surface area contributed by atoms with Gasteiger partial charge in [0.15, 0.2) is 0 Å². The van der Waals surface area contributed by atoms with Crippen LogP contribution in [0, 0.1) is 5.92 Å². The van der Waals surface area contributed by atoms with Crippen LogP contribution < -0.4 is 10.1 Å². The molecule has 0 aliphatic carbocycles. The quantitative estimate of drug-likeness (QED) is 0.514. The molecule has 25 heavy (non-hydrogen) atoms. The Bertz CT molecular complexity index is 641. The fourth-order valence-corrected chi connectivity index (χ4v) is 4.16. The van der Waals surface area contributed by atoms with Crippen LogP contribution in [-0.4, -0.2) is 48.3 Å². The van der Waals surface area contributed by atoms with Crippen molar-refractivity contribution >= 4 is 13.2 Å². The minimum Gasteiger partial charge on any atom is -0.493 e. The topological polar surface area (TPSA) is 97.3 Å². The largest absolute Gasteiger partial charge is 0.635 e. The van der Waals surface area contributed by atoms with E-state index in [1.54, 1.807) is 0 Å². The molecule has 1 aromatic carbocycles. The molecule has 0 aromatic heterocycles. The Morgan fingerprint density at radius 3 is 2.92 bits per heavy atom. The Labute approximate surface area is 146 Å². The molecule has 3 heterocycles. The van der Waals surface area contributed by atoms with E-state index in [0.717, 1.165) is 30.6 Å². The molecule has 0 unspecified atom stereocenters. The number of para-hydroxylation sites is 1. The van der Waals surface area contributed by atoms with Gasteiger partial charge in [-0.1, -0.05) is 18.2 Å². The van der Waals surface area contributed by atoms with E-state index in [1.165, 1.54) is 0 Å². The minimum atomic E-state index is -1.95. The first kappa shape index (κ1) is 16.8. The van der Waals surface area contributed by atoms with Crippen molar-refractivity contribution in [3.05, 3.63) is 29.8 Å². The second kappa shape index (κ2) is 6.95. The second-order valence-corrected chi connectivity index (χ2v) is 6.96. The minimum absolute atomic E-state index is 0.0246. The lowest BCUT2D eigenvalue weighted by molar-refractivity contribution is -0.129. The van der Waals surface area contributed by atoms with Crippen LogP contribution in [0.1, 0.15) is 37.2 Å². The van der Waals surface area contributed by atoms with E-state index in [9.17, 15) is 14.8 Å².